The maximum absolute atomic E-state index is 10.9. The second-order valence-corrected chi connectivity index (χ2v) is 5.20. The van der Waals surface area contributed by atoms with Crippen molar-refractivity contribution in [3.63, 3.8) is 0 Å². The number of benzene rings is 1. The van der Waals surface area contributed by atoms with Gasteiger partial charge >= 0.3 is 0 Å². The maximum Gasteiger partial charge on any atom is 0.269 e. The molecular formula is C12H15N7O2. The third-order valence-electron chi connectivity index (χ3n) is 3.64. The number of aromatic nitrogens is 3. The molecule has 0 aliphatic carbocycles. The first-order valence-corrected chi connectivity index (χ1v) is 6.42. The molecule has 0 saturated heterocycles. The number of rotatable bonds is 3. The van der Waals surface area contributed by atoms with E-state index in [-0.39, 0.29) is 11.7 Å². The minimum Gasteiger partial charge on any atom is -0.335 e. The smallest absolute Gasteiger partial charge is 0.269 e. The molecule has 4 N–H and O–H groups in total. The summed E-state index contributed by atoms with van der Waals surface area (Å²) in [5.41, 5.74) is 2.99. The molecule has 0 unspecified atom stereocenters. The molecule has 110 valence electrons. The van der Waals surface area contributed by atoms with Gasteiger partial charge in [-0.05, 0) is 12.5 Å². The number of non-ortho nitro benzene ring substituents is 1. The molecule has 0 spiro atoms. The summed E-state index contributed by atoms with van der Waals surface area (Å²) in [7, 11) is 0. The third-order valence-corrected chi connectivity index (χ3v) is 3.64. The van der Waals surface area contributed by atoms with Crippen molar-refractivity contribution in [2.45, 2.75) is 25.0 Å². The van der Waals surface area contributed by atoms with Gasteiger partial charge in [-0.2, -0.15) is 10.1 Å². The van der Waals surface area contributed by atoms with Crippen LogP contribution in [0, 0.1) is 10.1 Å². The van der Waals surface area contributed by atoms with E-state index in [4.69, 9.17) is 5.84 Å². The van der Waals surface area contributed by atoms with Crippen molar-refractivity contribution in [1.29, 1.82) is 0 Å². The van der Waals surface area contributed by atoms with Gasteiger partial charge < -0.3 is 5.32 Å². The van der Waals surface area contributed by atoms with Crippen molar-refractivity contribution < 1.29 is 4.92 Å². The van der Waals surface area contributed by atoms with E-state index in [2.05, 4.69) is 20.8 Å². The van der Waals surface area contributed by atoms with E-state index in [0.717, 1.165) is 5.56 Å². The van der Waals surface area contributed by atoms with Crippen LogP contribution < -0.4 is 16.6 Å². The van der Waals surface area contributed by atoms with Gasteiger partial charge in [0.05, 0.1) is 11.0 Å². The lowest BCUT2D eigenvalue weighted by Crippen LogP contribution is -2.56. The number of nitro benzene ring substituents is 1. The molecule has 0 saturated carbocycles. The molecule has 1 aromatic carbocycles. The Morgan fingerprint density at radius 1 is 1.62 bits per heavy atom. The number of fused-ring (bicyclic) bond motifs is 1. The van der Waals surface area contributed by atoms with Gasteiger partial charge in [0.1, 0.15) is 12.0 Å². The number of nitro groups is 1. The molecule has 2 atom stereocenters. The second-order valence-electron chi connectivity index (χ2n) is 5.20. The van der Waals surface area contributed by atoms with Crippen LogP contribution in [0.2, 0.25) is 0 Å². The highest BCUT2D eigenvalue weighted by atomic mass is 16.6. The Labute approximate surface area is 120 Å². The van der Waals surface area contributed by atoms with Gasteiger partial charge in [0.15, 0.2) is 0 Å². The molecule has 21 heavy (non-hydrogen) atoms. The molecule has 3 rings (SSSR count). The Kier molecular flexibility index (Phi) is 3.07. The normalized spacial score (nSPS) is 24.2. The largest absolute Gasteiger partial charge is 0.335 e. The quantitative estimate of drug-likeness (QED) is 0.433. The zero-order valence-electron chi connectivity index (χ0n) is 11.4. The van der Waals surface area contributed by atoms with E-state index in [0.29, 0.717) is 12.4 Å². The second kappa shape index (κ2) is 4.79. The molecule has 0 amide bonds. The summed E-state index contributed by atoms with van der Waals surface area (Å²) >= 11 is 0. The number of nitrogens with one attached hydrogen (secondary N) is 2. The number of hydrogen-bond acceptors (Lipinski definition) is 7. The number of nitrogens with two attached hydrogens (primary N) is 1. The van der Waals surface area contributed by atoms with Gasteiger partial charge in [-0.3, -0.25) is 16.0 Å². The lowest BCUT2D eigenvalue weighted by Gasteiger charge is -2.38. The Morgan fingerprint density at radius 2 is 2.43 bits per heavy atom. The summed E-state index contributed by atoms with van der Waals surface area (Å²) in [6, 6.07) is 6.33. The van der Waals surface area contributed by atoms with Gasteiger partial charge in [-0.25, -0.2) is 10.1 Å². The molecule has 1 aromatic heterocycles. The molecule has 2 heterocycles. The van der Waals surface area contributed by atoms with E-state index in [9.17, 15) is 10.1 Å². The molecule has 1 aliphatic rings. The molecule has 1 aliphatic heterocycles. The average molecular weight is 289 g/mol. The summed E-state index contributed by atoms with van der Waals surface area (Å²) in [6.45, 7) is 1.90. The number of hydrazine groups is 1. The van der Waals surface area contributed by atoms with Crippen LogP contribution >= 0.6 is 0 Å². The predicted octanol–water partition coefficient (Wildman–Crippen LogP) is 0.771. The third kappa shape index (κ3) is 2.32. The van der Waals surface area contributed by atoms with Crippen LogP contribution in [-0.2, 0) is 0 Å². The van der Waals surface area contributed by atoms with E-state index in [1.54, 1.807) is 16.8 Å². The van der Waals surface area contributed by atoms with Crippen molar-refractivity contribution in [3.05, 3.63) is 46.3 Å². The fourth-order valence-electron chi connectivity index (χ4n) is 2.54. The first-order chi connectivity index (χ1) is 10.0. The Balaban J connectivity index is 2.05. The van der Waals surface area contributed by atoms with Crippen LogP contribution in [0.1, 0.15) is 24.9 Å². The molecule has 2 aromatic rings. The maximum atomic E-state index is 10.9. The summed E-state index contributed by atoms with van der Waals surface area (Å²) in [5.74, 6) is 6.17. The van der Waals surface area contributed by atoms with E-state index >= 15 is 0 Å². The van der Waals surface area contributed by atoms with Crippen LogP contribution in [0.3, 0.4) is 0 Å². The predicted molar refractivity (Wildman–Crippen MR) is 75.2 cm³/mol. The van der Waals surface area contributed by atoms with E-state index < -0.39 is 10.6 Å². The Bertz CT molecular complexity index is 686. The molecular weight excluding hydrogens is 274 g/mol. The molecule has 9 heteroatoms. The van der Waals surface area contributed by atoms with E-state index in [1.807, 2.05) is 13.0 Å². The van der Waals surface area contributed by atoms with Crippen molar-refractivity contribution in [1.82, 2.24) is 20.2 Å². The van der Waals surface area contributed by atoms with Crippen LogP contribution in [0.15, 0.2) is 30.6 Å². The van der Waals surface area contributed by atoms with Gasteiger partial charge in [0, 0.05) is 18.6 Å². The topological polar surface area (TPSA) is 124 Å². The van der Waals surface area contributed by atoms with Gasteiger partial charge in [0.25, 0.3) is 5.69 Å². The fraction of sp³-hybridized carbons (Fsp3) is 0.333. The summed E-state index contributed by atoms with van der Waals surface area (Å²) < 4.78 is 1.71. The van der Waals surface area contributed by atoms with Gasteiger partial charge in [-0.15, -0.1) is 0 Å². The molecule has 9 nitrogen and oxygen atoms in total. The number of hydrogen-bond donors (Lipinski definition) is 3. The summed E-state index contributed by atoms with van der Waals surface area (Å²) in [5, 5.41) is 18.3. The van der Waals surface area contributed by atoms with Crippen LogP contribution in [0.25, 0.3) is 0 Å². The lowest BCUT2D eigenvalue weighted by atomic mass is 9.94. The highest BCUT2D eigenvalue weighted by molar-refractivity contribution is 5.40. The standard InChI is InChI=1S/C12H15N7O2/c1-12(17-13)6-10(18-11(16-12)14-7-15-18)8-3-2-4-9(5-8)19(20)21/h2-5,7,10,17H,6,13H2,1H3,(H,14,15,16)/t10-,12+/m1/s1. The minimum absolute atomic E-state index is 0.0510. The minimum atomic E-state index is -0.571. The highest BCUT2D eigenvalue weighted by Crippen LogP contribution is 2.35. The van der Waals surface area contributed by atoms with Crippen LogP contribution in [0.5, 0.6) is 0 Å². The van der Waals surface area contributed by atoms with Crippen molar-refractivity contribution in [2.75, 3.05) is 5.32 Å². The highest BCUT2D eigenvalue weighted by Gasteiger charge is 2.36. The van der Waals surface area contributed by atoms with Gasteiger partial charge in [0.2, 0.25) is 5.95 Å². The number of nitrogens with zero attached hydrogens (tertiary/aromatic N) is 4. The molecule has 0 fully saturated rings. The SMILES string of the molecule is C[C@]1(NN)C[C@H](c2cccc([N+](=O)[O-])c2)n2ncnc2N1. The Hall–Kier alpha value is -2.52. The molecule has 0 bridgehead atoms. The molecule has 0 radical (unpaired) electrons. The lowest BCUT2D eigenvalue weighted by molar-refractivity contribution is -0.384. The Morgan fingerprint density at radius 3 is 3.14 bits per heavy atom. The van der Waals surface area contributed by atoms with Crippen LogP contribution in [-0.4, -0.2) is 25.4 Å². The fourth-order valence-corrected chi connectivity index (χ4v) is 2.54. The first-order valence-electron chi connectivity index (χ1n) is 6.42. The van der Waals surface area contributed by atoms with Crippen molar-refractivity contribution in [3.8, 4) is 0 Å². The zero-order chi connectivity index (χ0) is 15.0. The summed E-state index contributed by atoms with van der Waals surface area (Å²) in [6.07, 6.45) is 2.01. The van der Waals surface area contributed by atoms with Gasteiger partial charge in [-0.1, -0.05) is 12.1 Å². The van der Waals surface area contributed by atoms with Crippen molar-refractivity contribution in [2.24, 2.45) is 5.84 Å². The van der Waals surface area contributed by atoms with E-state index in [1.165, 1.54) is 12.4 Å². The van der Waals surface area contributed by atoms with Crippen LogP contribution in [0.4, 0.5) is 11.6 Å². The monoisotopic (exact) mass is 289 g/mol. The zero-order valence-corrected chi connectivity index (χ0v) is 11.4. The average Bonchev–Trinajstić information content (AvgIpc) is 2.94. The van der Waals surface area contributed by atoms with Crippen molar-refractivity contribution >= 4 is 11.6 Å². The number of anilines is 1. The first kappa shape index (κ1) is 13.5. The summed E-state index contributed by atoms with van der Waals surface area (Å²) in [4.78, 5) is 14.7.